The lowest BCUT2D eigenvalue weighted by molar-refractivity contribution is 0.308. The minimum absolute atomic E-state index is 0.00907. The molecule has 0 radical (unpaired) electrons. The van der Waals surface area contributed by atoms with Crippen LogP contribution < -0.4 is 0 Å². The van der Waals surface area contributed by atoms with Gasteiger partial charge in [-0.25, -0.2) is 4.98 Å². The van der Waals surface area contributed by atoms with Crippen LogP contribution >= 0.6 is 0 Å². The number of nitrogens with zero attached hydrogens (tertiary/aromatic N) is 3. The van der Waals surface area contributed by atoms with E-state index >= 15 is 0 Å². The molecule has 1 aliphatic rings. The Hall–Kier alpha value is -1.82. The Balaban J connectivity index is 2.16. The first-order chi connectivity index (χ1) is 8.36. The Kier molecular flexibility index (Phi) is 2.36. The molecule has 0 saturated heterocycles. The van der Waals surface area contributed by atoms with Crippen molar-refractivity contribution in [2.24, 2.45) is 0 Å². The zero-order chi connectivity index (χ0) is 11.7. The summed E-state index contributed by atoms with van der Waals surface area (Å²) < 4.78 is 2.23. The molecule has 3 nitrogen and oxygen atoms in total. The molecule has 2 heterocycles. The predicted molar refractivity (Wildman–Crippen MR) is 66.4 cm³/mol. The molecule has 0 bridgehead atoms. The van der Waals surface area contributed by atoms with Crippen molar-refractivity contribution in [2.45, 2.75) is 37.6 Å². The van der Waals surface area contributed by atoms with Gasteiger partial charge >= 0.3 is 0 Å². The Morgan fingerprint density at radius 3 is 2.94 bits per heavy atom. The zero-order valence-electron chi connectivity index (χ0n) is 9.76. The lowest BCUT2D eigenvalue weighted by Crippen LogP contribution is -2.29. The number of hydrogen-bond donors (Lipinski definition) is 0. The molecule has 3 rings (SSSR count). The van der Waals surface area contributed by atoms with Gasteiger partial charge in [-0.15, -0.1) is 0 Å². The largest absolute Gasteiger partial charge is 0.325 e. The Morgan fingerprint density at radius 1 is 1.35 bits per heavy atom. The first-order valence-corrected chi connectivity index (χ1v) is 6.15. The van der Waals surface area contributed by atoms with Crippen molar-refractivity contribution >= 4 is 11.0 Å². The Morgan fingerprint density at radius 2 is 2.18 bits per heavy atom. The predicted octanol–water partition coefficient (Wildman–Crippen LogP) is 3.22. The monoisotopic (exact) mass is 225 g/mol. The van der Waals surface area contributed by atoms with Crippen LogP contribution in [0.5, 0.6) is 0 Å². The van der Waals surface area contributed by atoms with E-state index in [1.165, 1.54) is 12.8 Å². The van der Waals surface area contributed by atoms with Gasteiger partial charge in [0.2, 0.25) is 0 Å². The zero-order valence-corrected chi connectivity index (χ0v) is 9.76. The SMILES string of the molecule is N#CCC1(n2ccc3cccnc32)CCCC1. The number of pyridine rings is 1. The molecule has 1 saturated carbocycles. The summed E-state index contributed by atoms with van der Waals surface area (Å²) in [7, 11) is 0. The van der Waals surface area contributed by atoms with Gasteiger partial charge in [0.05, 0.1) is 18.0 Å². The molecule has 1 fully saturated rings. The van der Waals surface area contributed by atoms with Gasteiger partial charge in [0.15, 0.2) is 0 Å². The molecule has 0 amide bonds. The van der Waals surface area contributed by atoms with E-state index in [2.05, 4.69) is 33.9 Å². The average molecular weight is 225 g/mol. The van der Waals surface area contributed by atoms with Crippen LogP contribution in [0.15, 0.2) is 30.6 Å². The minimum atomic E-state index is -0.00907. The molecular weight excluding hydrogens is 210 g/mol. The summed E-state index contributed by atoms with van der Waals surface area (Å²) >= 11 is 0. The summed E-state index contributed by atoms with van der Waals surface area (Å²) in [5.41, 5.74) is 1.01. The first-order valence-electron chi connectivity index (χ1n) is 6.15. The summed E-state index contributed by atoms with van der Waals surface area (Å²) in [6.07, 6.45) is 9.14. The lowest BCUT2D eigenvalue weighted by Gasteiger charge is -2.29. The van der Waals surface area contributed by atoms with E-state index in [0.717, 1.165) is 23.9 Å². The maximum absolute atomic E-state index is 9.08. The Labute approximate surface area is 101 Å². The van der Waals surface area contributed by atoms with Gasteiger partial charge < -0.3 is 4.57 Å². The average Bonchev–Trinajstić information content (AvgIpc) is 2.96. The van der Waals surface area contributed by atoms with Crippen LogP contribution in [-0.2, 0) is 5.54 Å². The molecule has 86 valence electrons. The van der Waals surface area contributed by atoms with Crippen molar-refractivity contribution in [2.75, 3.05) is 0 Å². The van der Waals surface area contributed by atoms with Crippen LogP contribution in [0.4, 0.5) is 0 Å². The van der Waals surface area contributed by atoms with Gasteiger partial charge in [-0.3, -0.25) is 0 Å². The van der Waals surface area contributed by atoms with Crippen molar-refractivity contribution in [1.82, 2.24) is 9.55 Å². The third-order valence-corrected chi connectivity index (χ3v) is 3.90. The van der Waals surface area contributed by atoms with E-state index in [9.17, 15) is 0 Å². The summed E-state index contributed by atoms with van der Waals surface area (Å²) in [5, 5.41) is 10.2. The van der Waals surface area contributed by atoms with E-state index in [0.29, 0.717) is 6.42 Å². The molecular formula is C14H15N3. The van der Waals surface area contributed by atoms with E-state index in [4.69, 9.17) is 5.26 Å². The summed E-state index contributed by atoms with van der Waals surface area (Å²) in [6, 6.07) is 8.49. The standard InChI is InChI=1S/C14H15N3/c15-9-8-14(6-1-2-7-14)17-11-5-12-4-3-10-16-13(12)17/h3-5,10-11H,1-2,6-8H2. The van der Waals surface area contributed by atoms with Crippen LogP contribution in [0.3, 0.4) is 0 Å². The van der Waals surface area contributed by atoms with Crippen LogP contribution in [0.1, 0.15) is 32.1 Å². The van der Waals surface area contributed by atoms with Crippen molar-refractivity contribution < 1.29 is 0 Å². The molecule has 0 aromatic carbocycles. The van der Waals surface area contributed by atoms with Gasteiger partial charge in [0.1, 0.15) is 5.65 Å². The molecule has 0 atom stereocenters. The lowest BCUT2D eigenvalue weighted by atomic mass is 9.93. The summed E-state index contributed by atoms with van der Waals surface area (Å²) in [5.74, 6) is 0. The van der Waals surface area contributed by atoms with E-state index in [1.807, 2.05) is 12.3 Å². The van der Waals surface area contributed by atoms with Gasteiger partial charge in [0.25, 0.3) is 0 Å². The molecule has 0 spiro atoms. The van der Waals surface area contributed by atoms with Crippen molar-refractivity contribution in [3.05, 3.63) is 30.6 Å². The quantitative estimate of drug-likeness (QED) is 0.787. The van der Waals surface area contributed by atoms with E-state index in [1.54, 1.807) is 0 Å². The second-order valence-electron chi connectivity index (χ2n) is 4.87. The fraction of sp³-hybridized carbons (Fsp3) is 0.429. The number of nitriles is 1. The second-order valence-corrected chi connectivity index (χ2v) is 4.87. The number of fused-ring (bicyclic) bond motifs is 1. The van der Waals surface area contributed by atoms with E-state index < -0.39 is 0 Å². The molecule has 0 N–H and O–H groups in total. The number of aromatic nitrogens is 2. The molecule has 2 aromatic rings. The molecule has 0 unspecified atom stereocenters. The number of hydrogen-bond acceptors (Lipinski definition) is 2. The van der Waals surface area contributed by atoms with Crippen LogP contribution in [0.2, 0.25) is 0 Å². The highest BCUT2D eigenvalue weighted by Gasteiger charge is 2.36. The molecule has 1 aliphatic carbocycles. The Bertz CT molecular complexity index is 570. The smallest absolute Gasteiger partial charge is 0.140 e. The van der Waals surface area contributed by atoms with Crippen molar-refractivity contribution in [1.29, 1.82) is 5.26 Å². The highest BCUT2D eigenvalue weighted by atomic mass is 15.1. The highest BCUT2D eigenvalue weighted by molar-refractivity contribution is 5.76. The summed E-state index contributed by atoms with van der Waals surface area (Å²) in [4.78, 5) is 4.47. The minimum Gasteiger partial charge on any atom is -0.325 e. The normalized spacial score (nSPS) is 18.3. The van der Waals surface area contributed by atoms with Gasteiger partial charge in [0, 0.05) is 17.8 Å². The van der Waals surface area contributed by atoms with Gasteiger partial charge in [-0.1, -0.05) is 12.8 Å². The molecule has 3 heteroatoms. The third kappa shape index (κ3) is 1.52. The maximum atomic E-state index is 9.08. The molecule has 17 heavy (non-hydrogen) atoms. The number of rotatable bonds is 2. The topological polar surface area (TPSA) is 41.6 Å². The molecule has 0 aliphatic heterocycles. The van der Waals surface area contributed by atoms with Crippen LogP contribution in [0.25, 0.3) is 11.0 Å². The van der Waals surface area contributed by atoms with Crippen LogP contribution in [0, 0.1) is 11.3 Å². The van der Waals surface area contributed by atoms with Crippen LogP contribution in [-0.4, -0.2) is 9.55 Å². The summed E-state index contributed by atoms with van der Waals surface area (Å²) in [6.45, 7) is 0. The van der Waals surface area contributed by atoms with Crippen molar-refractivity contribution in [3.63, 3.8) is 0 Å². The van der Waals surface area contributed by atoms with Gasteiger partial charge in [-0.05, 0) is 31.0 Å². The molecule has 2 aromatic heterocycles. The van der Waals surface area contributed by atoms with Gasteiger partial charge in [-0.2, -0.15) is 5.26 Å². The maximum Gasteiger partial charge on any atom is 0.140 e. The third-order valence-electron chi connectivity index (χ3n) is 3.90. The second kappa shape index (κ2) is 3.89. The first kappa shape index (κ1) is 10.3. The fourth-order valence-electron chi connectivity index (χ4n) is 3.03. The fourth-order valence-corrected chi connectivity index (χ4v) is 3.03. The highest BCUT2D eigenvalue weighted by Crippen LogP contribution is 2.41. The van der Waals surface area contributed by atoms with Crippen molar-refractivity contribution in [3.8, 4) is 6.07 Å². The van der Waals surface area contributed by atoms with E-state index in [-0.39, 0.29) is 5.54 Å².